The summed E-state index contributed by atoms with van der Waals surface area (Å²) in [6.45, 7) is 7.16. The minimum absolute atomic E-state index is 0.0723. The topological polar surface area (TPSA) is 93.0 Å². The molecule has 1 aliphatic heterocycles. The standard InChI is InChI=1S/C18H24N6O2/c1-4-24-12(2)8-15(22-24)18(26)23-7-5-6-17(23)16-11-19-9-14(21-16)10-20-13(3)25/h8-9,11,17H,4-7,10H2,1-3H3,(H,20,25)/t17-/m0/s1. The summed E-state index contributed by atoms with van der Waals surface area (Å²) in [5.74, 6) is -0.186. The van der Waals surface area contributed by atoms with E-state index in [9.17, 15) is 9.59 Å². The number of amides is 2. The first kappa shape index (κ1) is 18.0. The van der Waals surface area contributed by atoms with Crippen LogP contribution in [-0.2, 0) is 17.9 Å². The Morgan fingerprint density at radius 1 is 1.35 bits per heavy atom. The maximum absolute atomic E-state index is 13.0. The van der Waals surface area contributed by atoms with Gasteiger partial charge in [-0.3, -0.25) is 24.2 Å². The molecule has 8 heteroatoms. The highest BCUT2D eigenvalue weighted by molar-refractivity contribution is 5.92. The molecule has 0 saturated carbocycles. The predicted octanol–water partition coefficient (Wildman–Crippen LogP) is 1.61. The minimum Gasteiger partial charge on any atom is -0.351 e. The first-order valence-electron chi connectivity index (χ1n) is 8.90. The Balaban J connectivity index is 1.80. The maximum atomic E-state index is 13.0. The summed E-state index contributed by atoms with van der Waals surface area (Å²) in [6, 6.07) is 1.72. The summed E-state index contributed by atoms with van der Waals surface area (Å²) in [5, 5.41) is 7.13. The number of hydrogen-bond acceptors (Lipinski definition) is 5. The number of aromatic nitrogens is 4. The Bertz CT molecular complexity index is 816. The maximum Gasteiger partial charge on any atom is 0.274 e. The van der Waals surface area contributed by atoms with Crippen molar-refractivity contribution in [2.75, 3.05) is 6.54 Å². The van der Waals surface area contributed by atoms with Crippen molar-refractivity contribution in [2.24, 2.45) is 0 Å². The van der Waals surface area contributed by atoms with E-state index >= 15 is 0 Å². The van der Waals surface area contributed by atoms with Crippen molar-refractivity contribution < 1.29 is 9.59 Å². The molecule has 0 spiro atoms. The Labute approximate surface area is 152 Å². The molecule has 1 saturated heterocycles. The average Bonchev–Trinajstić information content (AvgIpc) is 3.26. The van der Waals surface area contributed by atoms with Crippen LogP contribution in [0.1, 0.15) is 60.3 Å². The van der Waals surface area contributed by atoms with Gasteiger partial charge < -0.3 is 10.2 Å². The third-order valence-electron chi connectivity index (χ3n) is 4.58. The first-order valence-corrected chi connectivity index (χ1v) is 8.90. The fourth-order valence-corrected chi connectivity index (χ4v) is 3.28. The summed E-state index contributed by atoms with van der Waals surface area (Å²) < 4.78 is 1.83. The van der Waals surface area contributed by atoms with Gasteiger partial charge >= 0.3 is 0 Å². The monoisotopic (exact) mass is 356 g/mol. The molecule has 2 aromatic heterocycles. The van der Waals surface area contributed by atoms with Crippen molar-refractivity contribution in [1.82, 2.24) is 30.0 Å². The van der Waals surface area contributed by atoms with Gasteiger partial charge in [0.2, 0.25) is 5.91 Å². The van der Waals surface area contributed by atoms with Gasteiger partial charge in [0.1, 0.15) is 0 Å². The highest BCUT2D eigenvalue weighted by atomic mass is 16.2. The van der Waals surface area contributed by atoms with E-state index in [1.54, 1.807) is 12.4 Å². The number of nitrogens with one attached hydrogen (secondary N) is 1. The molecule has 8 nitrogen and oxygen atoms in total. The molecule has 1 N–H and O–H groups in total. The third-order valence-corrected chi connectivity index (χ3v) is 4.58. The van der Waals surface area contributed by atoms with Gasteiger partial charge in [-0.15, -0.1) is 0 Å². The molecule has 3 heterocycles. The molecule has 1 fully saturated rings. The number of nitrogens with zero attached hydrogens (tertiary/aromatic N) is 5. The zero-order valence-corrected chi connectivity index (χ0v) is 15.4. The molecule has 0 aromatic carbocycles. The predicted molar refractivity (Wildman–Crippen MR) is 95.2 cm³/mol. The quantitative estimate of drug-likeness (QED) is 0.879. The second-order valence-electron chi connectivity index (χ2n) is 6.49. The molecule has 2 aromatic rings. The van der Waals surface area contributed by atoms with Gasteiger partial charge in [-0.2, -0.15) is 5.10 Å². The Morgan fingerprint density at radius 2 is 2.15 bits per heavy atom. The van der Waals surface area contributed by atoms with Crippen LogP contribution in [0.5, 0.6) is 0 Å². The molecule has 138 valence electrons. The lowest BCUT2D eigenvalue weighted by molar-refractivity contribution is -0.119. The van der Waals surface area contributed by atoms with Crippen LogP contribution in [0.25, 0.3) is 0 Å². The Morgan fingerprint density at radius 3 is 2.85 bits per heavy atom. The second-order valence-corrected chi connectivity index (χ2v) is 6.49. The Hall–Kier alpha value is -2.77. The van der Waals surface area contributed by atoms with Crippen molar-refractivity contribution in [3.05, 3.63) is 41.2 Å². The van der Waals surface area contributed by atoms with Crippen LogP contribution in [0.15, 0.2) is 18.5 Å². The second kappa shape index (κ2) is 7.63. The van der Waals surface area contributed by atoms with Crippen molar-refractivity contribution in [2.45, 2.75) is 52.7 Å². The summed E-state index contributed by atoms with van der Waals surface area (Å²) >= 11 is 0. The van der Waals surface area contributed by atoms with Gasteiger partial charge in [0.25, 0.3) is 5.91 Å². The minimum atomic E-state index is -0.114. The largest absolute Gasteiger partial charge is 0.351 e. The van der Waals surface area contributed by atoms with E-state index < -0.39 is 0 Å². The SMILES string of the molecule is CCn1nc(C(=O)N2CCC[C@H]2c2cncc(CNC(C)=O)n2)cc1C. The normalized spacial score (nSPS) is 16.7. The van der Waals surface area contributed by atoms with Crippen molar-refractivity contribution in [3.63, 3.8) is 0 Å². The van der Waals surface area contributed by atoms with Gasteiger partial charge in [-0.1, -0.05) is 0 Å². The van der Waals surface area contributed by atoms with Gasteiger partial charge in [-0.05, 0) is 32.8 Å². The zero-order valence-electron chi connectivity index (χ0n) is 15.4. The highest BCUT2D eigenvalue weighted by Crippen LogP contribution is 2.31. The molecule has 1 atom stereocenters. The van der Waals surface area contributed by atoms with E-state index in [-0.39, 0.29) is 17.9 Å². The third kappa shape index (κ3) is 3.74. The molecule has 0 bridgehead atoms. The molecule has 2 amide bonds. The van der Waals surface area contributed by atoms with E-state index in [0.717, 1.165) is 30.8 Å². The van der Waals surface area contributed by atoms with Gasteiger partial charge in [0, 0.05) is 25.7 Å². The molecule has 0 unspecified atom stereocenters. The van der Waals surface area contributed by atoms with Crippen LogP contribution >= 0.6 is 0 Å². The smallest absolute Gasteiger partial charge is 0.274 e. The Kier molecular flexibility index (Phi) is 5.29. The molecule has 0 aliphatic carbocycles. The number of carbonyl (C=O) groups excluding carboxylic acids is 2. The van der Waals surface area contributed by atoms with Crippen LogP contribution in [-0.4, -0.2) is 43.0 Å². The first-order chi connectivity index (χ1) is 12.5. The fraction of sp³-hybridized carbons (Fsp3) is 0.500. The fourth-order valence-electron chi connectivity index (χ4n) is 3.28. The molecule has 0 radical (unpaired) electrons. The van der Waals surface area contributed by atoms with Gasteiger partial charge in [0.15, 0.2) is 5.69 Å². The number of likely N-dealkylation sites (tertiary alicyclic amines) is 1. The number of carbonyl (C=O) groups is 2. The zero-order chi connectivity index (χ0) is 18.7. The van der Waals surface area contributed by atoms with E-state index in [2.05, 4.69) is 20.4 Å². The van der Waals surface area contributed by atoms with Gasteiger partial charge in [0.05, 0.1) is 36.4 Å². The lowest BCUT2D eigenvalue weighted by Gasteiger charge is -2.23. The van der Waals surface area contributed by atoms with E-state index in [1.165, 1.54) is 6.92 Å². The summed E-state index contributed by atoms with van der Waals surface area (Å²) in [4.78, 5) is 34.7. The molecule has 1 aliphatic rings. The lowest BCUT2D eigenvalue weighted by Crippen LogP contribution is -2.31. The average molecular weight is 356 g/mol. The number of rotatable bonds is 5. The summed E-state index contributed by atoms with van der Waals surface area (Å²) in [7, 11) is 0. The van der Waals surface area contributed by atoms with Crippen LogP contribution in [0.3, 0.4) is 0 Å². The van der Waals surface area contributed by atoms with Crippen LogP contribution in [0.2, 0.25) is 0 Å². The van der Waals surface area contributed by atoms with E-state index in [0.29, 0.717) is 24.5 Å². The van der Waals surface area contributed by atoms with E-state index in [1.807, 2.05) is 29.5 Å². The summed E-state index contributed by atoms with van der Waals surface area (Å²) in [6.07, 6.45) is 5.09. The molecule has 26 heavy (non-hydrogen) atoms. The molecular formula is C18H24N6O2. The highest BCUT2D eigenvalue weighted by Gasteiger charge is 2.33. The van der Waals surface area contributed by atoms with Crippen LogP contribution < -0.4 is 5.32 Å². The lowest BCUT2D eigenvalue weighted by atomic mass is 10.1. The molecule has 3 rings (SSSR count). The molecular weight excluding hydrogens is 332 g/mol. The van der Waals surface area contributed by atoms with Crippen molar-refractivity contribution >= 4 is 11.8 Å². The van der Waals surface area contributed by atoms with E-state index in [4.69, 9.17) is 0 Å². The number of hydrogen-bond donors (Lipinski definition) is 1. The van der Waals surface area contributed by atoms with Crippen LogP contribution in [0.4, 0.5) is 0 Å². The van der Waals surface area contributed by atoms with Gasteiger partial charge in [-0.25, -0.2) is 0 Å². The summed E-state index contributed by atoms with van der Waals surface area (Å²) in [5.41, 5.74) is 2.88. The van der Waals surface area contributed by atoms with Crippen molar-refractivity contribution in [1.29, 1.82) is 0 Å². The number of aryl methyl sites for hydroxylation is 2. The van der Waals surface area contributed by atoms with Crippen LogP contribution in [0, 0.1) is 6.92 Å². The van der Waals surface area contributed by atoms with Crippen molar-refractivity contribution in [3.8, 4) is 0 Å².